The van der Waals surface area contributed by atoms with Gasteiger partial charge in [-0.15, -0.1) is 0 Å². The first-order valence-corrected chi connectivity index (χ1v) is 8.41. The molecule has 4 rings (SSSR count). The largest absolute Gasteiger partial charge is 0.359 e. The van der Waals surface area contributed by atoms with E-state index in [1.165, 1.54) is 23.4 Å². The summed E-state index contributed by atoms with van der Waals surface area (Å²) in [7, 11) is 1.55. The van der Waals surface area contributed by atoms with E-state index in [2.05, 4.69) is 15.3 Å². The lowest BCUT2D eigenvalue weighted by atomic mass is 10.0. The van der Waals surface area contributed by atoms with Gasteiger partial charge in [0.05, 0.1) is 34.9 Å². The van der Waals surface area contributed by atoms with Crippen LogP contribution in [0.15, 0.2) is 18.5 Å². The number of benzene rings is 1. The molecule has 9 heteroatoms. The van der Waals surface area contributed by atoms with Crippen molar-refractivity contribution in [1.82, 2.24) is 25.1 Å². The SMILES string of the molecule is CNC(=O)C1CC(=O)N(C2CN(C(=O)c3cc4nc[nH]c4cc3F)C2)C1. The number of likely N-dealkylation sites (tertiary alicyclic amines) is 2. The molecule has 1 aromatic heterocycles. The van der Waals surface area contributed by atoms with Gasteiger partial charge in [0.2, 0.25) is 11.8 Å². The fraction of sp³-hybridized carbons (Fsp3) is 0.412. The molecule has 2 aromatic rings. The van der Waals surface area contributed by atoms with Crippen LogP contribution in [-0.2, 0) is 9.59 Å². The van der Waals surface area contributed by atoms with Crippen molar-refractivity contribution in [2.75, 3.05) is 26.7 Å². The van der Waals surface area contributed by atoms with E-state index in [9.17, 15) is 18.8 Å². The van der Waals surface area contributed by atoms with Gasteiger partial charge in [0.1, 0.15) is 5.82 Å². The molecule has 2 fully saturated rings. The molecule has 2 aliphatic heterocycles. The minimum atomic E-state index is -0.605. The number of rotatable bonds is 3. The Bertz CT molecular complexity index is 905. The Hall–Kier alpha value is -2.97. The van der Waals surface area contributed by atoms with E-state index in [1.807, 2.05) is 0 Å². The van der Waals surface area contributed by atoms with Crippen LogP contribution in [0.5, 0.6) is 0 Å². The summed E-state index contributed by atoms with van der Waals surface area (Å²) in [6, 6.07) is 2.56. The first-order chi connectivity index (χ1) is 12.5. The van der Waals surface area contributed by atoms with Crippen molar-refractivity contribution in [3.8, 4) is 0 Å². The Labute approximate surface area is 148 Å². The molecule has 0 radical (unpaired) electrons. The van der Waals surface area contributed by atoms with E-state index in [1.54, 1.807) is 11.9 Å². The summed E-state index contributed by atoms with van der Waals surface area (Å²) >= 11 is 0. The van der Waals surface area contributed by atoms with Gasteiger partial charge >= 0.3 is 0 Å². The van der Waals surface area contributed by atoms with E-state index in [4.69, 9.17) is 0 Å². The number of hydrogen-bond donors (Lipinski definition) is 2. The average molecular weight is 359 g/mol. The molecule has 1 aromatic carbocycles. The van der Waals surface area contributed by atoms with Gasteiger partial charge in [-0.05, 0) is 6.07 Å². The Morgan fingerprint density at radius 1 is 1.31 bits per heavy atom. The molecule has 3 amide bonds. The Morgan fingerprint density at radius 2 is 2.08 bits per heavy atom. The van der Waals surface area contributed by atoms with Crippen molar-refractivity contribution < 1.29 is 18.8 Å². The third-order valence-electron chi connectivity index (χ3n) is 5.11. The van der Waals surface area contributed by atoms with E-state index in [0.717, 1.165) is 0 Å². The summed E-state index contributed by atoms with van der Waals surface area (Å²) in [5, 5.41) is 2.56. The predicted molar refractivity (Wildman–Crippen MR) is 89.6 cm³/mol. The maximum Gasteiger partial charge on any atom is 0.257 e. The maximum absolute atomic E-state index is 14.2. The molecule has 0 spiro atoms. The number of halogens is 1. The Morgan fingerprint density at radius 3 is 2.81 bits per heavy atom. The van der Waals surface area contributed by atoms with Crippen molar-refractivity contribution in [1.29, 1.82) is 0 Å². The molecule has 0 bridgehead atoms. The van der Waals surface area contributed by atoms with Crippen LogP contribution in [-0.4, -0.2) is 70.2 Å². The zero-order valence-corrected chi connectivity index (χ0v) is 14.2. The van der Waals surface area contributed by atoms with Crippen molar-refractivity contribution in [2.24, 2.45) is 5.92 Å². The van der Waals surface area contributed by atoms with Gasteiger partial charge in [-0.1, -0.05) is 0 Å². The number of H-pyrrole nitrogens is 1. The van der Waals surface area contributed by atoms with Gasteiger partial charge in [0.25, 0.3) is 5.91 Å². The number of nitrogens with one attached hydrogen (secondary N) is 2. The molecule has 136 valence electrons. The van der Waals surface area contributed by atoms with Crippen molar-refractivity contribution >= 4 is 28.8 Å². The molecule has 0 aliphatic carbocycles. The number of fused-ring (bicyclic) bond motifs is 1. The van der Waals surface area contributed by atoms with Crippen LogP contribution in [0.3, 0.4) is 0 Å². The molecule has 1 atom stereocenters. The quantitative estimate of drug-likeness (QED) is 0.813. The van der Waals surface area contributed by atoms with E-state index in [0.29, 0.717) is 30.7 Å². The molecule has 2 N–H and O–H groups in total. The van der Waals surface area contributed by atoms with Crippen LogP contribution in [0.2, 0.25) is 0 Å². The molecule has 8 nitrogen and oxygen atoms in total. The summed E-state index contributed by atoms with van der Waals surface area (Å²) < 4.78 is 14.2. The second-order valence-electron chi connectivity index (χ2n) is 6.68. The summed E-state index contributed by atoms with van der Waals surface area (Å²) in [5.74, 6) is -1.61. The first-order valence-electron chi connectivity index (χ1n) is 8.41. The van der Waals surface area contributed by atoms with Gasteiger partial charge in [0.15, 0.2) is 0 Å². The van der Waals surface area contributed by atoms with Gasteiger partial charge in [-0.2, -0.15) is 0 Å². The lowest BCUT2D eigenvalue weighted by molar-refractivity contribution is -0.132. The van der Waals surface area contributed by atoms with E-state index in [-0.39, 0.29) is 35.8 Å². The van der Waals surface area contributed by atoms with E-state index < -0.39 is 11.7 Å². The van der Waals surface area contributed by atoms with Crippen molar-refractivity contribution in [3.63, 3.8) is 0 Å². The van der Waals surface area contributed by atoms with Crippen LogP contribution in [0.1, 0.15) is 16.8 Å². The van der Waals surface area contributed by atoms with Crippen LogP contribution < -0.4 is 5.32 Å². The number of imidazole rings is 1. The first kappa shape index (κ1) is 16.5. The number of aromatic amines is 1. The highest BCUT2D eigenvalue weighted by atomic mass is 19.1. The predicted octanol–water partition coefficient (Wildman–Crippen LogP) is 0.121. The number of aromatic nitrogens is 2. The van der Waals surface area contributed by atoms with Crippen molar-refractivity contribution in [2.45, 2.75) is 12.5 Å². The van der Waals surface area contributed by atoms with Gasteiger partial charge in [0, 0.05) is 39.2 Å². The van der Waals surface area contributed by atoms with E-state index >= 15 is 0 Å². The highest BCUT2D eigenvalue weighted by molar-refractivity contribution is 5.98. The van der Waals surface area contributed by atoms with Gasteiger partial charge in [-0.3, -0.25) is 14.4 Å². The van der Waals surface area contributed by atoms with Gasteiger partial charge in [-0.25, -0.2) is 9.37 Å². The lowest BCUT2D eigenvalue weighted by Gasteiger charge is -2.44. The van der Waals surface area contributed by atoms with Crippen LogP contribution in [0.25, 0.3) is 11.0 Å². The smallest absolute Gasteiger partial charge is 0.257 e. The van der Waals surface area contributed by atoms with Crippen LogP contribution in [0.4, 0.5) is 4.39 Å². The summed E-state index contributed by atoms with van der Waals surface area (Å²) in [4.78, 5) is 46.4. The molecule has 2 aliphatic rings. The molecular weight excluding hydrogens is 341 g/mol. The number of carbonyl (C=O) groups is 3. The summed E-state index contributed by atoms with van der Waals surface area (Å²) in [5.41, 5.74) is 1.03. The fourth-order valence-electron chi connectivity index (χ4n) is 3.57. The second kappa shape index (κ2) is 6.08. The number of amides is 3. The zero-order valence-electron chi connectivity index (χ0n) is 14.2. The molecule has 3 heterocycles. The standard InChI is InChI=1S/C17H18FN5O3/c1-19-16(25)9-2-15(24)23(5-9)10-6-22(7-10)17(26)11-3-13-14(4-12(11)18)21-8-20-13/h3-4,8-10H,2,5-7H2,1H3,(H,19,25)(H,20,21). The molecule has 26 heavy (non-hydrogen) atoms. The highest BCUT2D eigenvalue weighted by Crippen LogP contribution is 2.27. The van der Waals surface area contributed by atoms with Crippen LogP contribution >= 0.6 is 0 Å². The summed E-state index contributed by atoms with van der Waals surface area (Å²) in [6.07, 6.45) is 1.63. The van der Waals surface area contributed by atoms with Gasteiger partial charge < -0.3 is 20.1 Å². The Kier molecular flexibility index (Phi) is 3.86. The monoisotopic (exact) mass is 359 g/mol. The third kappa shape index (κ3) is 2.59. The zero-order chi connectivity index (χ0) is 18.4. The van der Waals surface area contributed by atoms with Crippen molar-refractivity contribution in [3.05, 3.63) is 29.8 Å². The number of carbonyl (C=O) groups excluding carboxylic acids is 3. The second-order valence-corrected chi connectivity index (χ2v) is 6.68. The highest BCUT2D eigenvalue weighted by Gasteiger charge is 2.43. The Balaban J connectivity index is 1.42. The maximum atomic E-state index is 14.2. The fourth-order valence-corrected chi connectivity index (χ4v) is 3.57. The van der Waals surface area contributed by atoms with Crippen LogP contribution in [0, 0.1) is 11.7 Å². The lowest BCUT2D eigenvalue weighted by Crippen LogP contribution is -2.61. The molecule has 0 saturated carbocycles. The average Bonchev–Trinajstić information content (AvgIpc) is 3.18. The normalized spacial score (nSPS) is 20.5. The molecule has 2 saturated heterocycles. The topological polar surface area (TPSA) is 98.4 Å². The molecular formula is C17H18FN5O3. The third-order valence-corrected chi connectivity index (χ3v) is 5.11. The number of nitrogens with zero attached hydrogens (tertiary/aromatic N) is 3. The minimum Gasteiger partial charge on any atom is -0.359 e. The number of hydrogen-bond acceptors (Lipinski definition) is 4. The minimum absolute atomic E-state index is 0.0287. The molecule has 1 unspecified atom stereocenters. The summed E-state index contributed by atoms with van der Waals surface area (Å²) in [6.45, 7) is 1.03.